The highest BCUT2D eigenvalue weighted by molar-refractivity contribution is 5.76. The Bertz CT molecular complexity index is 755. The number of aryl methyl sites for hydroxylation is 1. The van der Waals surface area contributed by atoms with Gasteiger partial charge in [-0.15, -0.1) is 0 Å². The second kappa shape index (κ2) is 9.00. The van der Waals surface area contributed by atoms with E-state index in [9.17, 15) is 9.90 Å². The Morgan fingerprint density at radius 1 is 1.11 bits per heavy atom. The quantitative estimate of drug-likeness (QED) is 0.811. The van der Waals surface area contributed by atoms with Crippen molar-refractivity contribution in [1.82, 2.24) is 9.88 Å². The van der Waals surface area contributed by atoms with Crippen LogP contribution in [0.2, 0.25) is 0 Å². The molecule has 1 N–H and O–H groups in total. The summed E-state index contributed by atoms with van der Waals surface area (Å²) in [7, 11) is 0. The van der Waals surface area contributed by atoms with Gasteiger partial charge in [-0.05, 0) is 41.7 Å². The lowest BCUT2D eigenvalue weighted by Crippen LogP contribution is -2.45. The standard InChI is InChI=1S/C22H29N3O2/c1-3-18-15-17(5-6-21(18)20(4-2)22(26)27)16-24-11-13-25(14-12-24)19-7-9-23-10-8-19/h5-10,15,20H,3-4,11-14,16H2,1-2H3,(H,26,27). The molecule has 3 rings (SSSR count). The number of carboxylic acids is 1. The van der Waals surface area contributed by atoms with Crippen LogP contribution >= 0.6 is 0 Å². The lowest BCUT2D eigenvalue weighted by molar-refractivity contribution is -0.138. The Kier molecular flexibility index (Phi) is 6.45. The first-order chi connectivity index (χ1) is 13.1. The van der Waals surface area contributed by atoms with Crippen LogP contribution in [0.5, 0.6) is 0 Å². The zero-order valence-corrected chi connectivity index (χ0v) is 16.3. The van der Waals surface area contributed by atoms with Gasteiger partial charge in [0.15, 0.2) is 0 Å². The number of hydrogen-bond donors (Lipinski definition) is 1. The molecule has 1 saturated heterocycles. The molecule has 1 aliphatic rings. The minimum Gasteiger partial charge on any atom is -0.481 e. The number of aromatic nitrogens is 1. The van der Waals surface area contributed by atoms with Gasteiger partial charge in [-0.3, -0.25) is 14.7 Å². The molecule has 0 amide bonds. The highest BCUT2D eigenvalue weighted by Crippen LogP contribution is 2.26. The molecule has 5 nitrogen and oxygen atoms in total. The van der Waals surface area contributed by atoms with E-state index < -0.39 is 11.9 Å². The van der Waals surface area contributed by atoms with Crippen LogP contribution in [0, 0.1) is 0 Å². The predicted octanol–water partition coefficient (Wildman–Crippen LogP) is 3.54. The zero-order valence-electron chi connectivity index (χ0n) is 16.3. The van der Waals surface area contributed by atoms with E-state index in [1.54, 1.807) is 0 Å². The summed E-state index contributed by atoms with van der Waals surface area (Å²) in [6, 6.07) is 10.5. The van der Waals surface area contributed by atoms with Gasteiger partial charge in [-0.25, -0.2) is 0 Å². The lowest BCUT2D eigenvalue weighted by Gasteiger charge is -2.36. The summed E-state index contributed by atoms with van der Waals surface area (Å²) in [6.45, 7) is 9.04. The van der Waals surface area contributed by atoms with Gasteiger partial charge in [0.2, 0.25) is 0 Å². The smallest absolute Gasteiger partial charge is 0.310 e. The summed E-state index contributed by atoms with van der Waals surface area (Å²) < 4.78 is 0. The summed E-state index contributed by atoms with van der Waals surface area (Å²) in [5, 5.41) is 9.48. The van der Waals surface area contributed by atoms with Crippen LogP contribution in [0.4, 0.5) is 5.69 Å². The molecule has 5 heteroatoms. The average molecular weight is 367 g/mol. The van der Waals surface area contributed by atoms with E-state index in [1.807, 2.05) is 25.4 Å². The first-order valence-corrected chi connectivity index (χ1v) is 9.84. The van der Waals surface area contributed by atoms with Gasteiger partial charge in [-0.2, -0.15) is 0 Å². The molecule has 0 bridgehead atoms. The van der Waals surface area contributed by atoms with E-state index in [4.69, 9.17) is 0 Å². The topological polar surface area (TPSA) is 56.7 Å². The number of pyridine rings is 1. The number of aliphatic carboxylic acids is 1. The highest BCUT2D eigenvalue weighted by atomic mass is 16.4. The summed E-state index contributed by atoms with van der Waals surface area (Å²) >= 11 is 0. The van der Waals surface area contributed by atoms with Crippen molar-refractivity contribution in [1.29, 1.82) is 0 Å². The first kappa shape index (κ1) is 19.4. The molecule has 144 valence electrons. The van der Waals surface area contributed by atoms with Gasteiger partial charge >= 0.3 is 5.97 Å². The number of rotatable bonds is 7. The summed E-state index contributed by atoms with van der Waals surface area (Å²) in [6.07, 6.45) is 5.17. The predicted molar refractivity (Wildman–Crippen MR) is 108 cm³/mol. The maximum absolute atomic E-state index is 11.5. The van der Waals surface area contributed by atoms with Crippen molar-refractivity contribution in [3.63, 3.8) is 0 Å². The van der Waals surface area contributed by atoms with E-state index in [1.165, 1.54) is 11.3 Å². The van der Waals surface area contributed by atoms with Crippen molar-refractivity contribution < 1.29 is 9.90 Å². The molecule has 0 radical (unpaired) electrons. The number of hydrogen-bond acceptors (Lipinski definition) is 4. The molecule has 0 spiro atoms. The highest BCUT2D eigenvalue weighted by Gasteiger charge is 2.21. The number of nitrogens with zero attached hydrogens (tertiary/aromatic N) is 3. The van der Waals surface area contributed by atoms with E-state index >= 15 is 0 Å². The Hall–Kier alpha value is -2.40. The van der Waals surface area contributed by atoms with Gasteiger partial charge in [0.05, 0.1) is 5.92 Å². The lowest BCUT2D eigenvalue weighted by atomic mass is 9.89. The van der Waals surface area contributed by atoms with Gasteiger partial charge in [0.25, 0.3) is 0 Å². The molecule has 2 aromatic rings. The molecular formula is C22H29N3O2. The second-order valence-electron chi connectivity index (χ2n) is 7.15. The van der Waals surface area contributed by atoms with E-state index in [-0.39, 0.29) is 0 Å². The molecule has 1 atom stereocenters. The summed E-state index contributed by atoms with van der Waals surface area (Å²) in [4.78, 5) is 20.5. The Morgan fingerprint density at radius 2 is 1.81 bits per heavy atom. The van der Waals surface area contributed by atoms with Crippen LogP contribution in [-0.4, -0.2) is 47.1 Å². The van der Waals surface area contributed by atoms with Crippen molar-refractivity contribution in [2.45, 2.75) is 39.2 Å². The van der Waals surface area contributed by atoms with Crippen LogP contribution in [-0.2, 0) is 17.8 Å². The molecule has 1 aliphatic heterocycles. The third-order valence-corrected chi connectivity index (χ3v) is 5.48. The van der Waals surface area contributed by atoms with Crippen LogP contribution < -0.4 is 4.90 Å². The minimum absolute atomic E-state index is 0.405. The Labute approximate surface area is 161 Å². The van der Waals surface area contributed by atoms with Crippen molar-refractivity contribution in [3.8, 4) is 0 Å². The van der Waals surface area contributed by atoms with Gasteiger partial charge < -0.3 is 10.0 Å². The molecule has 27 heavy (non-hydrogen) atoms. The molecule has 1 aromatic heterocycles. The normalized spacial score (nSPS) is 16.3. The first-order valence-electron chi connectivity index (χ1n) is 9.84. The molecule has 2 heterocycles. The van der Waals surface area contributed by atoms with Crippen LogP contribution in [0.25, 0.3) is 0 Å². The molecule has 0 saturated carbocycles. The average Bonchev–Trinajstić information content (AvgIpc) is 2.70. The number of piperazine rings is 1. The number of benzene rings is 1. The Balaban J connectivity index is 1.64. The van der Waals surface area contributed by atoms with Gasteiger partial charge in [0, 0.05) is 50.8 Å². The fourth-order valence-electron chi connectivity index (χ4n) is 3.91. The number of carbonyl (C=O) groups is 1. The second-order valence-corrected chi connectivity index (χ2v) is 7.15. The maximum atomic E-state index is 11.5. The summed E-state index contributed by atoms with van der Waals surface area (Å²) in [5.41, 5.74) is 4.64. The molecule has 1 aromatic carbocycles. The van der Waals surface area contributed by atoms with Crippen LogP contribution in [0.15, 0.2) is 42.7 Å². The molecule has 1 fully saturated rings. The molecular weight excluding hydrogens is 338 g/mol. The molecule has 0 aliphatic carbocycles. The monoisotopic (exact) mass is 367 g/mol. The third kappa shape index (κ3) is 4.66. The van der Waals surface area contributed by atoms with Crippen molar-refractivity contribution in [2.75, 3.05) is 31.1 Å². The largest absolute Gasteiger partial charge is 0.481 e. The van der Waals surface area contributed by atoms with Gasteiger partial charge in [-0.1, -0.05) is 32.0 Å². The maximum Gasteiger partial charge on any atom is 0.310 e. The van der Waals surface area contributed by atoms with E-state index in [0.29, 0.717) is 6.42 Å². The van der Waals surface area contributed by atoms with Crippen molar-refractivity contribution in [3.05, 3.63) is 59.4 Å². The van der Waals surface area contributed by atoms with E-state index in [0.717, 1.165) is 50.3 Å². The zero-order chi connectivity index (χ0) is 19.2. The Morgan fingerprint density at radius 3 is 2.41 bits per heavy atom. The summed E-state index contributed by atoms with van der Waals surface area (Å²) in [5.74, 6) is -1.13. The number of carboxylic acid groups (broad SMARTS) is 1. The fraction of sp³-hybridized carbons (Fsp3) is 0.455. The van der Waals surface area contributed by atoms with Crippen LogP contribution in [0.3, 0.4) is 0 Å². The molecule has 1 unspecified atom stereocenters. The third-order valence-electron chi connectivity index (χ3n) is 5.48. The minimum atomic E-state index is -0.729. The number of anilines is 1. The van der Waals surface area contributed by atoms with Crippen LogP contribution in [0.1, 0.15) is 42.9 Å². The van der Waals surface area contributed by atoms with E-state index in [2.05, 4.69) is 46.0 Å². The van der Waals surface area contributed by atoms with Gasteiger partial charge in [0.1, 0.15) is 0 Å². The van der Waals surface area contributed by atoms with Crippen molar-refractivity contribution in [2.24, 2.45) is 0 Å². The van der Waals surface area contributed by atoms with Crippen molar-refractivity contribution >= 4 is 11.7 Å². The SMILES string of the molecule is CCc1cc(CN2CCN(c3ccncc3)CC2)ccc1C(CC)C(=O)O. The fourth-order valence-corrected chi connectivity index (χ4v) is 3.91.